The zero-order valence-electron chi connectivity index (χ0n) is 33.5. The summed E-state index contributed by atoms with van der Waals surface area (Å²) >= 11 is 0. The topological polar surface area (TPSA) is 163 Å². The van der Waals surface area contributed by atoms with E-state index in [0.717, 1.165) is 29.7 Å². The molecule has 0 saturated heterocycles. The molecule has 10 nitrogen and oxygen atoms in total. The number of carbonyl (C=O) groups is 2. The zero-order valence-corrected chi connectivity index (χ0v) is 33.5. The molecule has 54 heavy (non-hydrogen) atoms. The van der Waals surface area contributed by atoms with Gasteiger partial charge in [0.25, 0.3) is 0 Å². The average Bonchev–Trinajstić information content (AvgIpc) is 3.23. The van der Waals surface area contributed by atoms with E-state index in [2.05, 4.69) is 44.3 Å². The second-order valence-corrected chi connectivity index (χ2v) is 13.3. The molecule has 1 aliphatic rings. The lowest BCUT2D eigenvalue weighted by Gasteiger charge is -2.29. The highest BCUT2D eigenvalue weighted by atomic mass is 16.6. The van der Waals surface area contributed by atoms with Gasteiger partial charge in [0.15, 0.2) is 0 Å². The van der Waals surface area contributed by atoms with Crippen LogP contribution in [0.15, 0.2) is 66.8 Å². The summed E-state index contributed by atoms with van der Waals surface area (Å²) in [6.45, 7) is 15.9. The molecule has 2 aromatic carbocycles. The number of benzene rings is 2. The molecule has 2 aromatic rings. The highest BCUT2D eigenvalue weighted by molar-refractivity contribution is 5.87. The summed E-state index contributed by atoms with van der Waals surface area (Å²) in [7, 11) is 1.00. The minimum atomic E-state index is -0.585. The minimum absolute atomic E-state index is 0.00738. The van der Waals surface area contributed by atoms with Gasteiger partial charge >= 0.3 is 5.97 Å². The smallest absolute Gasteiger partial charge is 0.333 e. The number of unbranched alkanes of at least 4 members (excludes halogenated alkanes) is 2. The fourth-order valence-corrected chi connectivity index (χ4v) is 6.35. The van der Waals surface area contributed by atoms with Crippen LogP contribution in [0.4, 0.5) is 0 Å². The molecule has 306 valence electrons. The van der Waals surface area contributed by atoms with Crippen molar-refractivity contribution >= 4 is 12.8 Å². The van der Waals surface area contributed by atoms with Crippen molar-refractivity contribution in [2.45, 2.75) is 97.3 Å². The highest BCUT2D eigenvalue weighted by Crippen LogP contribution is 2.39. The molecule has 0 atom stereocenters. The van der Waals surface area contributed by atoms with Crippen molar-refractivity contribution in [2.75, 3.05) is 53.4 Å². The molecule has 3 rings (SSSR count). The Bertz CT molecular complexity index is 1260. The third kappa shape index (κ3) is 19.7. The lowest BCUT2D eigenvalue weighted by molar-refractivity contribution is -0.140. The fraction of sp³-hybridized carbons (Fsp3) is 0.591. The maximum Gasteiger partial charge on any atom is 0.333 e. The third-order valence-electron chi connectivity index (χ3n) is 9.40. The third-order valence-corrected chi connectivity index (χ3v) is 9.40. The summed E-state index contributed by atoms with van der Waals surface area (Å²) in [6, 6.07) is 14.6. The van der Waals surface area contributed by atoms with Gasteiger partial charge in [-0.1, -0.05) is 89.5 Å². The van der Waals surface area contributed by atoms with Crippen LogP contribution in [-0.2, 0) is 14.3 Å². The van der Waals surface area contributed by atoms with Crippen molar-refractivity contribution in [1.82, 2.24) is 0 Å². The molecular formula is C44H70O10. The largest absolute Gasteiger partial charge is 0.493 e. The van der Waals surface area contributed by atoms with Crippen molar-refractivity contribution in [3.05, 3.63) is 72.3 Å². The van der Waals surface area contributed by atoms with E-state index < -0.39 is 11.9 Å². The van der Waals surface area contributed by atoms with E-state index in [0.29, 0.717) is 36.9 Å². The van der Waals surface area contributed by atoms with Crippen LogP contribution in [-0.4, -0.2) is 91.6 Å². The van der Waals surface area contributed by atoms with Crippen molar-refractivity contribution < 1.29 is 49.3 Å². The normalized spacial score (nSPS) is 14.7. The molecule has 5 N–H and O–H groups in total. The molecule has 1 aliphatic carbocycles. The predicted molar refractivity (Wildman–Crippen MR) is 217 cm³/mol. The molecule has 0 unspecified atom stereocenters. The Hall–Kier alpha value is -3.54. The van der Waals surface area contributed by atoms with Gasteiger partial charge in [-0.15, -0.1) is 0 Å². The summed E-state index contributed by atoms with van der Waals surface area (Å²) < 4.78 is 17.4. The maximum absolute atomic E-state index is 12.3. The van der Waals surface area contributed by atoms with Gasteiger partial charge in [-0.2, -0.15) is 0 Å². The number of rotatable bonds is 23. The van der Waals surface area contributed by atoms with Crippen molar-refractivity contribution in [2.24, 2.45) is 17.8 Å². The van der Waals surface area contributed by atoms with Crippen LogP contribution in [0.3, 0.4) is 0 Å². The lowest BCUT2D eigenvalue weighted by atomic mass is 9.77. The first-order valence-corrected chi connectivity index (χ1v) is 19.5. The standard InChI is InChI=1S/C40H58O8.C2H6.CH4O.CH2O/c1-4-5-6-7-31-8-10-34(11-9-31)35-12-14-36(15-13-35)37-22-38(46-17-16-29(2)20-32(25-41)26-42)24-39(23-37)47-18-19-48-40(45)30(3)21-33(27-43)28-44;3*1-2/h12-15,22-24,31-34,41-44H,2-11,16-21,25-28H2,1H3;1-2H3;2H,1H3;1H2. The number of hydrogen-bond acceptors (Lipinski definition) is 10. The maximum atomic E-state index is 12.3. The van der Waals surface area contributed by atoms with Crippen LogP contribution in [0.1, 0.15) is 103 Å². The molecule has 0 aliphatic heterocycles. The Morgan fingerprint density at radius 2 is 1.28 bits per heavy atom. The van der Waals surface area contributed by atoms with Crippen LogP contribution in [0.5, 0.6) is 11.5 Å². The molecule has 0 radical (unpaired) electrons. The van der Waals surface area contributed by atoms with E-state index in [4.69, 9.17) is 24.1 Å². The SMILES string of the molecule is C=C(CCOc1cc(OCCOC(=O)C(=C)CC(CO)CO)cc(-c2ccc(C3CCC(CCCCC)CC3)cc2)c1)CC(CO)CO.C=O.CC.CO. The first-order chi connectivity index (χ1) is 26.3. The van der Waals surface area contributed by atoms with Gasteiger partial charge in [0.1, 0.15) is 31.5 Å². The summed E-state index contributed by atoms with van der Waals surface area (Å²) in [6.07, 6.45) is 11.8. The molecule has 1 saturated carbocycles. The quantitative estimate of drug-likeness (QED) is 0.0333. The van der Waals surface area contributed by atoms with Gasteiger partial charge in [0, 0.05) is 63.4 Å². The average molecular weight is 759 g/mol. The minimum Gasteiger partial charge on any atom is -0.493 e. The number of carbonyl (C=O) groups excluding carboxylic acids is 2. The van der Waals surface area contributed by atoms with E-state index in [1.807, 2.05) is 32.8 Å². The number of aliphatic hydroxyl groups excluding tert-OH is 5. The molecule has 0 heterocycles. The fourth-order valence-electron chi connectivity index (χ4n) is 6.35. The van der Waals surface area contributed by atoms with Crippen LogP contribution in [0.2, 0.25) is 0 Å². The number of esters is 1. The van der Waals surface area contributed by atoms with Crippen LogP contribution in [0.25, 0.3) is 11.1 Å². The number of aliphatic hydroxyl groups is 5. The van der Waals surface area contributed by atoms with E-state index in [9.17, 15) is 25.2 Å². The molecular weight excluding hydrogens is 688 g/mol. The summed E-state index contributed by atoms with van der Waals surface area (Å²) in [5.74, 6) is 1.43. The van der Waals surface area contributed by atoms with Gasteiger partial charge in [-0.25, -0.2) is 4.79 Å². The first kappa shape index (κ1) is 50.5. The molecule has 0 aromatic heterocycles. The Balaban J connectivity index is 0.00000445. The summed E-state index contributed by atoms with van der Waals surface area (Å²) in [5, 5.41) is 44.3. The van der Waals surface area contributed by atoms with Crippen LogP contribution < -0.4 is 9.47 Å². The van der Waals surface area contributed by atoms with E-state index in [1.54, 1.807) is 6.07 Å². The van der Waals surface area contributed by atoms with E-state index in [-0.39, 0.29) is 57.6 Å². The second kappa shape index (κ2) is 31.8. The number of hydrogen-bond donors (Lipinski definition) is 5. The lowest BCUT2D eigenvalue weighted by Crippen LogP contribution is -2.18. The molecule has 10 heteroatoms. The van der Waals surface area contributed by atoms with Crippen LogP contribution in [0, 0.1) is 17.8 Å². The van der Waals surface area contributed by atoms with Gasteiger partial charge in [0.2, 0.25) is 0 Å². The van der Waals surface area contributed by atoms with Gasteiger partial charge in [-0.3, -0.25) is 0 Å². The van der Waals surface area contributed by atoms with E-state index in [1.165, 1.54) is 56.9 Å². The van der Waals surface area contributed by atoms with Gasteiger partial charge < -0.3 is 44.5 Å². The van der Waals surface area contributed by atoms with E-state index >= 15 is 0 Å². The van der Waals surface area contributed by atoms with Gasteiger partial charge in [-0.05, 0) is 79.2 Å². The Kier molecular flexibility index (Phi) is 29.7. The second-order valence-electron chi connectivity index (χ2n) is 13.3. The summed E-state index contributed by atoms with van der Waals surface area (Å²) in [4.78, 5) is 20.3. The predicted octanol–water partition coefficient (Wildman–Crippen LogP) is 7.44. The Morgan fingerprint density at radius 3 is 1.81 bits per heavy atom. The van der Waals surface area contributed by atoms with Crippen LogP contribution >= 0.6 is 0 Å². The van der Waals surface area contributed by atoms with Crippen molar-refractivity contribution in [1.29, 1.82) is 0 Å². The monoisotopic (exact) mass is 758 g/mol. The molecule has 1 fully saturated rings. The summed E-state index contributed by atoms with van der Waals surface area (Å²) in [5.41, 5.74) is 4.47. The van der Waals surface area contributed by atoms with Crippen molar-refractivity contribution in [3.63, 3.8) is 0 Å². The van der Waals surface area contributed by atoms with Gasteiger partial charge in [0.05, 0.1) is 6.61 Å². The first-order valence-electron chi connectivity index (χ1n) is 19.5. The Morgan fingerprint density at radius 1 is 0.741 bits per heavy atom. The number of ether oxygens (including phenoxy) is 3. The highest BCUT2D eigenvalue weighted by Gasteiger charge is 2.22. The molecule has 0 amide bonds. The Labute approximate surface area is 324 Å². The molecule has 0 bridgehead atoms. The van der Waals surface area contributed by atoms with Crippen molar-refractivity contribution in [3.8, 4) is 22.6 Å². The zero-order chi connectivity index (χ0) is 40.7. The molecule has 0 spiro atoms.